The van der Waals surface area contributed by atoms with Gasteiger partial charge in [0.2, 0.25) is 0 Å². The zero-order valence-electron chi connectivity index (χ0n) is 11.0. The van der Waals surface area contributed by atoms with Gasteiger partial charge in [0, 0.05) is 10.4 Å². The SMILES string of the molecule is O=C(NC[C@](O)(c1ccsc1)c1cccs1)c1ccco1. The van der Waals surface area contributed by atoms with Crippen LogP contribution in [0.2, 0.25) is 0 Å². The molecule has 0 saturated heterocycles. The van der Waals surface area contributed by atoms with E-state index in [1.165, 1.54) is 28.9 Å². The minimum absolute atomic E-state index is 0.0871. The molecule has 0 aliphatic rings. The van der Waals surface area contributed by atoms with Crippen molar-refractivity contribution in [3.63, 3.8) is 0 Å². The van der Waals surface area contributed by atoms with Crippen LogP contribution in [0.4, 0.5) is 0 Å². The van der Waals surface area contributed by atoms with Crippen LogP contribution in [0, 0.1) is 0 Å². The zero-order chi connectivity index (χ0) is 14.7. The number of hydrogen-bond acceptors (Lipinski definition) is 5. The van der Waals surface area contributed by atoms with Gasteiger partial charge in [0.05, 0.1) is 12.8 Å². The highest BCUT2D eigenvalue weighted by molar-refractivity contribution is 7.10. The molecule has 21 heavy (non-hydrogen) atoms. The molecule has 0 unspecified atom stereocenters. The lowest BCUT2D eigenvalue weighted by Gasteiger charge is -2.26. The molecule has 3 aromatic heterocycles. The first-order valence-electron chi connectivity index (χ1n) is 6.31. The molecule has 0 bridgehead atoms. The van der Waals surface area contributed by atoms with E-state index in [0.717, 1.165) is 10.4 Å². The largest absolute Gasteiger partial charge is 0.459 e. The third-order valence-corrected chi connectivity index (χ3v) is 4.88. The number of carbonyl (C=O) groups is 1. The Morgan fingerprint density at radius 3 is 2.81 bits per heavy atom. The highest BCUT2D eigenvalue weighted by Gasteiger charge is 2.33. The summed E-state index contributed by atoms with van der Waals surface area (Å²) < 4.78 is 5.05. The molecule has 1 atom stereocenters. The maximum absolute atomic E-state index is 12.0. The van der Waals surface area contributed by atoms with E-state index in [1.807, 2.05) is 34.3 Å². The van der Waals surface area contributed by atoms with Gasteiger partial charge in [-0.2, -0.15) is 11.3 Å². The van der Waals surface area contributed by atoms with Crippen molar-refractivity contribution in [3.8, 4) is 0 Å². The Bertz CT molecular complexity index is 653. The summed E-state index contributed by atoms with van der Waals surface area (Å²) in [6.07, 6.45) is 1.44. The van der Waals surface area contributed by atoms with E-state index in [-0.39, 0.29) is 18.2 Å². The van der Waals surface area contributed by atoms with Gasteiger partial charge in [0.15, 0.2) is 5.76 Å². The van der Waals surface area contributed by atoms with E-state index in [4.69, 9.17) is 4.42 Å². The van der Waals surface area contributed by atoms with Crippen LogP contribution in [0.5, 0.6) is 0 Å². The topological polar surface area (TPSA) is 62.5 Å². The molecule has 3 heterocycles. The van der Waals surface area contributed by atoms with E-state index in [9.17, 15) is 9.90 Å². The van der Waals surface area contributed by atoms with Crippen molar-refractivity contribution in [2.45, 2.75) is 5.60 Å². The summed E-state index contributed by atoms with van der Waals surface area (Å²) in [6, 6.07) is 8.85. The normalized spacial score (nSPS) is 13.8. The monoisotopic (exact) mass is 319 g/mol. The number of amides is 1. The third-order valence-electron chi connectivity index (χ3n) is 3.18. The fourth-order valence-electron chi connectivity index (χ4n) is 2.05. The zero-order valence-corrected chi connectivity index (χ0v) is 12.6. The van der Waals surface area contributed by atoms with Crippen molar-refractivity contribution < 1.29 is 14.3 Å². The Labute approximate surface area is 129 Å². The van der Waals surface area contributed by atoms with Gasteiger partial charge in [-0.3, -0.25) is 4.79 Å². The number of rotatable bonds is 5. The van der Waals surface area contributed by atoms with Crippen LogP contribution >= 0.6 is 22.7 Å². The van der Waals surface area contributed by atoms with Gasteiger partial charge in [0.1, 0.15) is 5.60 Å². The van der Waals surface area contributed by atoms with Gasteiger partial charge in [0.25, 0.3) is 5.91 Å². The average Bonchev–Trinajstić information content (AvgIpc) is 3.27. The second-order valence-corrected chi connectivity index (χ2v) is 6.24. The standard InChI is InChI=1S/C15H13NO3S2/c17-14(12-3-1-6-19-12)16-10-15(18,11-5-8-20-9-11)13-4-2-7-21-13/h1-9,18H,10H2,(H,16,17)/t15-/m0/s1. The lowest BCUT2D eigenvalue weighted by Crippen LogP contribution is -2.40. The number of carbonyl (C=O) groups excluding carboxylic acids is 1. The van der Waals surface area contributed by atoms with Gasteiger partial charge < -0.3 is 14.8 Å². The molecule has 0 saturated carbocycles. The van der Waals surface area contributed by atoms with Crippen molar-refractivity contribution >= 4 is 28.6 Å². The van der Waals surface area contributed by atoms with E-state index in [0.29, 0.717) is 0 Å². The molecule has 1 amide bonds. The molecule has 6 heteroatoms. The number of nitrogens with one attached hydrogen (secondary N) is 1. The Hall–Kier alpha value is -1.89. The summed E-state index contributed by atoms with van der Waals surface area (Å²) in [5.41, 5.74) is -0.453. The van der Waals surface area contributed by atoms with Crippen molar-refractivity contribution in [3.05, 3.63) is 68.9 Å². The maximum Gasteiger partial charge on any atom is 0.287 e. The minimum atomic E-state index is -1.23. The molecular weight excluding hydrogens is 306 g/mol. The quantitative estimate of drug-likeness (QED) is 0.760. The first-order valence-corrected chi connectivity index (χ1v) is 8.13. The highest BCUT2D eigenvalue weighted by Crippen LogP contribution is 2.33. The molecule has 108 valence electrons. The molecule has 0 aromatic carbocycles. The van der Waals surface area contributed by atoms with Crippen LogP contribution in [0.1, 0.15) is 21.0 Å². The average molecular weight is 319 g/mol. The summed E-state index contributed by atoms with van der Waals surface area (Å²) in [5.74, 6) is -0.112. The highest BCUT2D eigenvalue weighted by atomic mass is 32.1. The molecule has 2 N–H and O–H groups in total. The Morgan fingerprint density at radius 1 is 1.29 bits per heavy atom. The second-order valence-electron chi connectivity index (χ2n) is 4.51. The Morgan fingerprint density at radius 2 is 2.19 bits per heavy atom. The Kier molecular flexibility index (Phi) is 3.92. The van der Waals surface area contributed by atoms with Crippen LogP contribution in [-0.4, -0.2) is 17.6 Å². The fraction of sp³-hybridized carbons (Fsp3) is 0.133. The van der Waals surface area contributed by atoms with Gasteiger partial charge >= 0.3 is 0 Å². The molecular formula is C15H13NO3S2. The summed E-state index contributed by atoms with van der Waals surface area (Å²) in [7, 11) is 0. The van der Waals surface area contributed by atoms with E-state index in [2.05, 4.69) is 5.32 Å². The molecule has 0 fully saturated rings. The van der Waals surface area contributed by atoms with Crippen LogP contribution < -0.4 is 5.32 Å². The van der Waals surface area contributed by atoms with Crippen molar-refractivity contribution in [2.75, 3.05) is 6.54 Å². The van der Waals surface area contributed by atoms with E-state index < -0.39 is 5.60 Å². The van der Waals surface area contributed by atoms with Crippen molar-refractivity contribution in [1.29, 1.82) is 0 Å². The molecule has 0 aliphatic heterocycles. The van der Waals surface area contributed by atoms with Crippen LogP contribution in [-0.2, 0) is 5.60 Å². The van der Waals surface area contributed by atoms with Crippen LogP contribution in [0.3, 0.4) is 0 Å². The summed E-state index contributed by atoms with van der Waals surface area (Å²) in [4.78, 5) is 12.8. The first kappa shape index (κ1) is 14.1. The smallest absolute Gasteiger partial charge is 0.287 e. The first-order chi connectivity index (χ1) is 10.2. The van der Waals surface area contributed by atoms with E-state index >= 15 is 0 Å². The second kappa shape index (κ2) is 5.85. The Balaban J connectivity index is 1.83. The molecule has 0 aliphatic carbocycles. The fourth-order valence-corrected chi connectivity index (χ4v) is 3.62. The molecule has 3 aromatic rings. The molecule has 0 spiro atoms. The number of thiophene rings is 2. The number of furan rings is 1. The maximum atomic E-state index is 12.0. The predicted octanol–water partition coefficient (Wildman–Crippen LogP) is 3.07. The lowest BCUT2D eigenvalue weighted by atomic mass is 9.94. The summed E-state index contributed by atoms with van der Waals surface area (Å²) in [5, 5.41) is 19.5. The van der Waals surface area contributed by atoms with Gasteiger partial charge in [-0.25, -0.2) is 0 Å². The van der Waals surface area contributed by atoms with Gasteiger partial charge in [-0.1, -0.05) is 6.07 Å². The predicted molar refractivity (Wildman–Crippen MR) is 82.7 cm³/mol. The molecule has 4 nitrogen and oxygen atoms in total. The van der Waals surface area contributed by atoms with Crippen molar-refractivity contribution in [2.24, 2.45) is 0 Å². The summed E-state index contributed by atoms with van der Waals surface area (Å²) >= 11 is 2.97. The number of hydrogen-bond donors (Lipinski definition) is 2. The number of aliphatic hydroxyl groups is 1. The third kappa shape index (κ3) is 2.78. The molecule has 0 radical (unpaired) electrons. The molecule has 3 rings (SSSR count). The van der Waals surface area contributed by atoms with Crippen molar-refractivity contribution in [1.82, 2.24) is 5.32 Å². The van der Waals surface area contributed by atoms with Gasteiger partial charge in [-0.05, 0) is 40.4 Å². The van der Waals surface area contributed by atoms with E-state index in [1.54, 1.807) is 12.1 Å². The van der Waals surface area contributed by atoms with Gasteiger partial charge in [-0.15, -0.1) is 11.3 Å². The van der Waals surface area contributed by atoms with Crippen LogP contribution in [0.25, 0.3) is 0 Å². The van der Waals surface area contributed by atoms with Crippen LogP contribution in [0.15, 0.2) is 57.2 Å². The summed E-state index contributed by atoms with van der Waals surface area (Å²) in [6.45, 7) is 0.0871. The lowest BCUT2D eigenvalue weighted by molar-refractivity contribution is 0.0706. The minimum Gasteiger partial charge on any atom is -0.459 e.